The van der Waals surface area contributed by atoms with Gasteiger partial charge in [-0.05, 0) is 19.1 Å². The molecule has 0 aromatic carbocycles. The van der Waals surface area contributed by atoms with Gasteiger partial charge >= 0.3 is 12.1 Å². The van der Waals surface area contributed by atoms with Gasteiger partial charge in [-0.15, -0.1) is 5.10 Å². The number of carbonyl (C=O) groups is 2. The van der Waals surface area contributed by atoms with Crippen molar-refractivity contribution >= 4 is 11.9 Å². The molecule has 11 heteroatoms. The van der Waals surface area contributed by atoms with Gasteiger partial charge in [0.1, 0.15) is 6.04 Å². The number of halogens is 3. The van der Waals surface area contributed by atoms with Crippen molar-refractivity contribution in [1.29, 1.82) is 0 Å². The minimum absolute atomic E-state index is 0.0239. The zero-order valence-electron chi connectivity index (χ0n) is 11.6. The Bertz CT molecular complexity index is 726. The predicted molar refractivity (Wildman–Crippen MR) is 68.7 cm³/mol. The molecule has 0 spiro atoms. The Hall–Kier alpha value is -2.98. The van der Waals surface area contributed by atoms with E-state index in [-0.39, 0.29) is 11.5 Å². The van der Waals surface area contributed by atoms with E-state index in [0.29, 0.717) is 6.20 Å². The number of rotatable bonds is 4. The summed E-state index contributed by atoms with van der Waals surface area (Å²) < 4.78 is 38.3. The number of carboxylic acids is 1. The highest BCUT2D eigenvalue weighted by atomic mass is 19.4. The number of aliphatic carboxylic acids is 1. The lowest BCUT2D eigenvalue weighted by atomic mass is 10.3. The molecule has 0 bridgehead atoms. The summed E-state index contributed by atoms with van der Waals surface area (Å²) in [5.41, 5.74) is -1.12. The summed E-state index contributed by atoms with van der Waals surface area (Å²) in [6, 6.07) is 0.756. The second-order valence-corrected chi connectivity index (χ2v) is 4.48. The average molecular weight is 329 g/mol. The molecule has 2 aromatic rings. The van der Waals surface area contributed by atoms with E-state index < -0.39 is 29.7 Å². The summed E-state index contributed by atoms with van der Waals surface area (Å²) in [4.78, 5) is 26.0. The molecule has 0 fully saturated rings. The average Bonchev–Trinajstić information content (AvgIpc) is 2.96. The number of aromatic nitrogens is 4. The third-order valence-corrected chi connectivity index (χ3v) is 2.75. The van der Waals surface area contributed by atoms with Crippen LogP contribution in [0.5, 0.6) is 0 Å². The Kier molecular flexibility index (Phi) is 4.29. The Labute approximate surface area is 126 Å². The largest absolute Gasteiger partial charge is 0.480 e. The van der Waals surface area contributed by atoms with Gasteiger partial charge in [0.2, 0.25) is 0 Å². The number of nitrogens with one attached hydrogen (secondary N) is 1. The molecule has 0 aliphatic carbocycles. The monoisotopic (exact) mass is 329 g/mol. The zero-order valence-corrected chi connectivity index (χ0v) is 11.6. The number of hydrogen-bond acceptors (Lipinski definition) is 5. The topological polar surface area (TPSA) is 110 Å². The van der Waals surface area contributed by atoms with Crippen molar-refractivity contribution in [3.8, 4) is 5.82 Å². The molecule has 1 amide bonds. The molecule has 2 aromatic heterocycles. The minimum atomic E-state index is -4.51. The van der Waals surface area contributed by atoms with Gasteiger partial charge in [0, 0.05) is 6.20 Å². The Morgan fingerprint density at radius 3 is 2.57 bits per heavy atom. The van der Waals surface area contributed by atoms with E-state index >= 15 is 0 Å². The van der Waals surface area contributed by atoms with Crippen LogP contribution < -0.4 is 5.32 Å². The third kappa shape index (κ3) is 3.81. The first-order valence-electron chi connectivity index (χ1n) is 6.18. The summed E-state index contributed by atoms with van der Waals surface area (Å²) in [5, 5.41) is 17.9. The highest BCUT2D eigenvalue weighted by molar-refractivity contribution is 5.94. The van der Waals surface area contributed by atoms with Gasteiger partial charge in [-0.1, -0.05) is 5.21 Å². The first kappa shape index (κ1) is 16.4. The highest BCUT2D eigenvalue weighted by Gasteiger charge is 2.30. The van der Waals surface area contributed by atoms with Gasteiger partial charge in [-0.25, -0.2) is 9.67 Å². The van der Waals surface area contributed by atoms with Crippen LogP contribution in [0.25, 0.3) is 5.82 Å². The molecule has 2 rings (SSSR count). The van der Waals surface area contributed by atoms with Crippen LogP contribution in [0.15, 0.2) is 24.5 Å². The molecule has 23 heavy (non-hydrogen) atoms. The van der Waals surface area contributed by atoms with Crippen molar-refractivity contribution in [3.05, 3.63) is 35.8 Å². The fourth-order valence-corrected chi connectivity index (χ4v) is 1.50. The first-order valence-corrected chi connectivity index (χ1v) is 6.18. The smallest absolute Gasteiger partial charge is 0.417 e. The highest BCUT2D eigenvalue weighted by Crippen LogP contribution is 2.28. The van der Waals surface area contributed by atoms with Crippen LogP contribution >= 0.6 is 0 Å². The van der Waals surface area contributed by atoms with E-state index in [0.717, 1.165) is 23.0 Å². The predicted octanol–water partition coefficient (Wildman–Crippen LogP) is 0.884. The van der Waals surface area contributed by atoms with Crippen molar-refractivity contribution < 1.29 is 27.9 Å². The van der Waals surface area contributed by atoms with E-state index in [1.54, 1.807) is 0 Å². The van der Waals surface area contributed by atoms with E-state index in [2.05, 4.69) is 20.6 Å². The Balaban J connectivity index is 2.16. The lowest BCUT2D eigenvalue weighted by molar-refractivity contribution is -0.139. The summed E-state index contributed by atoms with van der Waals surface area (Å²) >= 11 is 0. The number of carboxylic acid groups (broad SMARTS) is 1. The van der Waals surface area contributed by atoms with Gasteiger partial charge in [-0.3, -0.25) is 9.59 Å². The van der Waals surface area contributed by atoms with Crippen molar-refractivity contribution in [3.63, 3.8) is 0 Å². The van der Waals surface area contributed by atoms with Gasteiger partial charge in [0.15, 0.2) is 11.5 Å². The van der Waals surface area contributed by atoms with Gasteiger partial charge in [0.05, 0.1) is 11.8 Å². The molecule has 0 aliphatic rings. The van der Waals surface area contributed by atoms with Crippen molar-refractivity contribution in [2.24, 2.45) is 0 Å². The SMILES string of the molecule is C[C@@H](NC(=O)c1cn(-c2ccc(C(F)(F)F)cn2)nn1)C(=O)O. The molecule has 0 radical (unpaired) electrons. The Morgan fingerprint density at radius 2 is 2.04 bits per heavy atom. The molecule has 0 unspecified atom stereocenters. The maximum absolute atomic E-state index is 12.4. The number of carbonyl (C=O) groups excluding carboxylic acids is 1. The number of nitrogens with zero attached hydrogens (tertiary/aromatic N) is 4. The summed E-state index contributed by atoms with van der Waals surface area (Å²) in [6.07, 6.45) is -2.76. The fourth-order valence-electron chi connectivity index (χ4n) is 1.50. The summed E-state index contributed by atoms with van der Waals surface area (Å²) in [5.74, 6) is -1.98. The number of pyridine rings is 1. The maximum atomic E-state index is 12.4. The summed E-state index contributed by atoms with van der Waals surface area (Å²) in [6.45, 7) is 1.27. The molecular weight excluding hydrogens is 319 g/mol. The first-order chi connectivity index (χ1) is 10.7. The van der Waals surface area contributed by atoms with Crippen molar-refractivity contribution in [2.75, 3.05) is 0 Å². The van der Waals surface area contributed by atoms with E-state index in [4.69, 9.17) is 5.11 Å². The fraction of sp³-hybridized carbons (Fsp3) is 0.250. The normalized spacial score (nSPS) is 12.7. The second-order valence-electron chi connectivity index (χ2n) is 4.48. The number of amides is 1. The van der Waals surface area contributed by atoms with Crippen LogP contribution in [0.3, 0.4) is 0 Å². The minimum Gasteiger partial charge on any atom is -0.480 e. The molecule has 8 nitrogen and oxygen atoms in total. The molecule has 122 valence electrons. The molecule has 0 saturated heterocycles. The van der Waals surface area contributed by atoms with Crippen molar-refractivity contribution in [1.82, 2.24) is 25.3 Å². The van der Waals surface area contributed by atoms with Crippen LogP contribution in [0, 0.1) is 0 Å². The number of alkyl halides is 3. The van der Waals surface area contributed by atoms with Crippen LogP contribution in [-0.2, 0) is 11.0 Å². The molecule has 0 aliphatic heterocycles. The van der Waals surface area contributed by atoms with E-state index in [9.17, 15) is 22.8 Å². The lowest BCUT2D eigenvalue weighted by Gasteiger charge is -2.07. The van der Waals surface area contributed by atoms with Crippen LogP contribution in [0.4, 0.5) is 13.2 Å². The van der Waals surface area contributed by atoms with Gasteiger partial charge < -0.3 is 10.4 Å². The van der Waals surface area contributed by atoms with Crippen LogP contribution in [-0.4, -0.2) is 43.0 Å². The molecular formula is C12H10F3N5O3. The quantitative estimate of drug-likeness (QED) is 0.862. The van der Waals surface area contributed by atoms with Crippen molar-refractivity contribution in [2.45, 2.75) is 19.1 Å². The van der Waals surface area contributed by atoms with Crippen LogP contribution in [0.1, 0.15) is 23.0 Å². The van der Waals surface area contributed by atoms with Crippen LogP contribution in [0.2, 0.25) is 0 Å². The lowest BCUT2D eigenvalue weighted by Crippen LogP contribution is -2.38. The number of hydrogen-bond donors (Lipinski definition) is 2. The Morgan fingerprint density at radius 1 is 1.35 bits per heavy atom. The molecule has 1 atom stereocenters. The molecule has 2 N–H and O–H groups in total. The van der Waals surface area contributed by atoms with E-state index in [1.165, 1.54) is 6.92 Å². The third-order valence-electron chi connectivity index (χ3n) is 2.75. The maximum Gasteiger partial charge on any atom is 0.417 e. The van der Waals surface area contributed by atoms with Gasteiger partial charge in [-0.2, -0.15) is 13.2 Å². The van der Waals surface area contributed by atoms with E-state index in [1.807, 2.05) is 0 Å². The second kappa shape index (κ2) is 6.02. The molecule has 0 saturated carbocycles. The molecule has 2 heterocycles. The standard InChI is InChI=1S/C12H10F3N5O3/c1-6(11(22)23)17-10(21)8-5-20(19-18-8)9-3-2-7(4-16-9)12(13,14)15/h2-6H,1H3,(H,17,21)(H,22,23)/t6-/m1/s1. The summed E-state index contributed by atoms with van der Waals surface area (Å²) in [7, 11) is 0. The zero-order chi connectivity index (χ0) is 17.2. The van der Waals surface area contributed by atoms with Gasteiger partial charge in [0.25, 0.3) is 5.91 Å².